The van der Waals surface area contributed by atoms with Gasteiger partial charge in [-0.15, -0.1) is 0 Å². The van der Waals surface area contributed by atoms with Gasteiger partial charge in [-0.2, -0.15) is 5.26 Å². The summed E-state index contributed by atoms with van der Waals surface area (Å²) >= 11 is 0. The Balaban J connectivity index is 0.000000922. The molecule has 0 aromatic heterocycles. The Morgan fingerprint density at radius 1 is 1.33 bits per heavy atom. The molecule has 1 aromatic rings. The first kappa shape index (κ1) is 21.4. The lowest BCUT2D eigenvalue weighted by molar-refractivity contribution is -0.144. The van der Waals surface area contributed by atoms with Crippen molar-refractivity contribution in [2.45, 2.75) is 40.2 Å². The van der Waals surface area contributed by atoms with Gasteiger partial charge in [-0.25, -0.2) is 4.79 Å². The van der Waals surface area contributed by atoms with Crippen molar-refractivity contribution in [3.05, 3.63) is 28.8 Å². The van der Waals surface area contributed by atoms with Crippen LogP contribution in [0.5, 0.6) is 0 Å². The molecule has 1 rings (SSSR count). The number of carboxylic acids is 1. The Morgan fingerprint density at radius 3 is 2.38 bits per heavy atom. The number of esters is 1. The van der Waals surface area contributed by atoms with Crippen LogP contribution < -0.4 is 11.1 Å². The number of benzene rings is 1. The Hall–Kier alpha value is -2.59. The first-order valence-corrected chi connectivity index (χ1v) is 7.53. The van der Waals surface area contributed by atoms with Crippen molar-refractivity contribution in [1.29, 1.82) is 5.26 Å². The van der Waals surface area contributed by atoms with Gasteiger partial charge >= 0.3 is 11.9 Å². The molecule has 0 saturated heterocycles. The molecule has 0 aliphatic rings. The van der Waals surface area contributed by atoms with Crippen LogP contribution in [0.15, 0.2) is 12.1 Å². The smallest absolute Gasteiger partial charge is 0.328 e. The number of hydrogen-bond donors (Lipinski definition) is 3. The van der Waals surface area contributed by atoms with E-state index in [0.717, 1.165) is 16.8 Å². The third-order valence-electron chi connectivity index (χ3n) is 3.29. The first-order chi connectivity index (χ1) is 11.2. The molecule has 132 valence electrons. The molecule has 7 heteroatoms. The number of nitrogens with two attached hydrogens (primary N) is 1. The second kappa shape index (κ2) is 11.0. The molecule has 0 unspecified atom stereocenters. The number of rotatable bonds is 6. The number of ether oxygens (including phenoxy) is 1. The Morgan fingerprint density at radius 2 is 1.88 bits per heavy atom. The molecule has 0 bridgehead atoms. The van der Waals surface area contributed by atoms with Crippen LogP contribution >= 0.6 is 0 Å². The van der Waals surface area contributed by atoms with Gasteiger partial charge in [0, 0.05) is 5.69 Å². The molecule has 0 radical (unpaired) electrons. The summed E-state index contributed by atoms with van der Waals surface area (Å²) in [6, 6.07) is 5.59. The van der Waals surface area contributed by atoms with Crippen LogP contribution in [-0.2, 0) is 14.3 Å². The molecule has 0 saturated carbocycles. The lowest BCUT2D eigenvalue weighted by atomic mass is 10.0. The van der Waals surface area contributed by atoms with E-state index in [-0.39, 0.29) is 25.5 Å². The largest absolute Gasteiger partial charge is 0.480 e. The maximum atomic E-state index is 11.7. The van der Waals surface area contributed by atoms with E-state index in [2.05, 4.69) is 17.1 Å². The van der Waals surface area contributed by atoms with Gasteiger partial charge in [-0.05, 0) is 44.4 Å². The van der Waals surface area contributed by atoms with E-state index in [1.54, 1.807) is 6.92 Å². The molecule has 1 atom stereocenters. The summed E-state index contributed by atoms with van der Waals surface area (Å²) in [5.41, 5.74) is 8.96. The van der Waals surface area contributed by atoms with E-state index < -0.39 is 12.0 Å². The number of carbonyl (C=O) groups excluding carboxylic acids is 1. The summed E-state index contributed by atoms with van der Waals surface area (Å²) in [6.07, 6.45) is 0.223. The van der Waals surface area contributed by atoms with Gasteiger partial charge in [0.05, 0.1) is 19.0 Å². The molecule has 0 amide bonds. The number of hydrogen-bond acceptors (Lipinski definition) is 6. The summed E-state index contributed by atoms with van der Waals surface area (Å²) in [4.78, 5) is 21.0. The Bertz CT molecular complexity index is 609. The van der Waals surface area contributed by atoms with Crippen molar-refractivity contribution in [2.24, 2.45) is 5.73 Å². The highest BCUT2D eigenvalue weighted by Gasteiger charge is 2.16. The van der Waals surface area contributed by atoms with Gasteiger partial charge in [0.2, 0.25) is 0 Å². The van der Waals surface area contributed by atoms with Gasteiger partial charge in [-0.1, -0.05) is 12.1 Å². The quantitative estimate of drug-likeness (QED) is 0.535. The fourth-order valence-corrected chi connectivity index (χ4v) is 1.77. The van der Waals surface area contributed by atoms with E-state index in [9.17, 15) is 9.59 Å². The van der Waals surface area contributed by atoms with E-state index in [1.165, 1.54) is 5.56 Å². The molecule has 0 fully saturated rings. The number of anilines is 1. The summed E-state index contributed by atoms with van der Waals surface area (Å²) < 4.78 is 5.00. The van der Waals surface area contributed by atoms with E-state index in [1.807, 2.05) is 32.9 Å². The number of carboxylic acid groups (broad SMARTS) is 1. The standard InChI is InChI=1S/C15H20N2O2.C2H5NO2/c1-10-6-7-11(2)14(12(10)3)17-13(4)15(18)19-9-5-8-16;3-1-2(4)5/h6-7,13,17H,5,9H2,1-4H3;1,3H2,(H,4,5)/t13-;/m0./s1. The lowest BCUT2D eigenvalue weighted by Gasteiger charge is -2.19. The Labute approximate surface area is 142 Å². The highest BCUT2D eigenvalue weighted by atomic mass is 16.5. The maximum absolute atomic E-state index is 11.7. The van der Waals surface area contributed by atoms with Crippen molar-refractivity contribution < 1.29 is 19.4 Å². The summed E-state index contributed by atoms with van der Waals surface area (Å²) in [7, 11) is 0. The number of aliphatic carboxylic acids is 1. The number of carbonyl (C=O) groups is 2. The van der Waals surface area contributed by atoms with Crippen LogP contribution in [0, 0.1) is 32.1 Å². The van der Waals surface area contributed by atoms with Crippen LogP contribution in [-0.4, -0.2) is 36.2 Å². The van der Waals surface area contributed by atoms with Crippen LogP contribution in [0.3, 0.4) is 0 Å². The van der Waals surface area contributed by atoms with Crippen LogP contribution in [0.25, 0.3) is 0 Å². The molecule has 1 aromatic carbocycles. The molecular formula is C17H25N3O4. The summed E-state index contributed by atoms with van der Waals surface area (Å²) in [5.74, 6) is -1.31. The van der Waals surface area contributed by atoms with E-state index >= 15 is 0 Å². The van der Waals surface area contributed by atoms with Crippen molar-refractivity contribution in [1.82, 2.24) is 0 Å². The predicted molar refractivity (Wildman–Crippen MR) is 91.6 cm³/mol. The Kier molecular flexibility index (Phi) is 9.83. The molecule has 24 heavy (non-hydrogen) atoms. The fraction of sp³-hybridized carbons (Fsp3) is 0.471. The van der Waals surface area contributed by atoms with Crippen molar-refractivity contribution >= 4 is 17.6 Å². The number of aryl methyl sites for hydroxylation is 2. The van der Waals surface area contributed by atoms with Crippen molar-refractivity contribution in [2.75, 3.05) is 18.5 Å². The van der Waals surface area contributed by atoms with Crippen LogP contribution in [0.1, 0.15) is 30.0 Å². The molecule has 0 spiro atoms. The average molecular weight is 335 g/mol. The molecule has 4 N–H and O–H groups in total. The SMILES string of the molecule is Cc1ccc(C)c(N[C@@H](C)C(=O)OCCC#N)c1C.NCC(=O)O. The molecule has 0 heterocycles. The van der Waals surface area contributed by atoms with Crippen molar-refractivity contribution in [3.8, 4) is 6.07 Å². The normalized spacial score (nSPS) is 10.7. The third kappa shape index (κ3) is 7.61. The number of nitrogens with one attached hydrogen (secondary N) is 1. The highest BCUT2D eigenvalue weighted by Crippen LogP contribution is 2.23. The van der Waals surface area contributed by atoms with Crippen LogP contribution in [0.2, 0.25) is 0 Å². The molecule has 0 aliphatic heterocycles. The van der Waals surface area contributed by atoms with Crippen molar-refractivity contribution in [3.63, 3.8) is 0 Å². The molecule has 7 nitrogen and oxygen atoms in total. The van der Waals surface area contributed by atoms with Crippen LogP contribution in [0.4, 0.5) is 5.69 Å². The molecular weight excluding hydrogens is 310 g/mol. The topological polar surface area (TPSA) is 125 Å². The van der Waals surface area contributed by atoms with Gasteiger partial charge in [0.15, 0.2) is 0 Å². The third-order valence-corrected chi connectivity index (χ3v) is 3.29. The zero-order valence-corrected chi connectivity index (χ0v) is 14.5. The zero-order valence-electron chi connectivity index (χ0n) is 14.5. The second-order valence-electron chi connectivity index (χ2n) is 5.24. The minimum Gasteiger partial charge on any atom is -0.480 e. The van der Waals surface area contributed by atoms with E-state index in [4.69, 9.17) is 15.1 Å². The van der Waals surface area contributed by atoms with Gasteiger partial charge < -0.3 is 20.9 Å². The summed E-state index contributed by atoms with van der Waals surface area (Å²) in [6.45, 7) is 7.69. The number of nitriles is 1. The van der Waals surface area contributed by atoms with Gasteiger partial charge in [0.1, 0.15) is 12.6 Å². The number of nitrogens with zero attached hydrogens (tertiary/aromatic N) is 1. The predicted octanol–water partition coefficient (Wildman–Crippen LogP) is 1.90. The molecule has 0 aliphatic carbocycles. The minimum atomic E-state index is -0.968. The van der Waals surface area contributed by atoms with Gasteiger partial charge in [0.25, 0.3) is 0 Å². The minimum absolute atomic E-state index is 0.146. The zero-order chi connectivity index (χ0) is 18.7. The van der Waals surface area contributed by atoms with Gasteiger partial charge in [-0.3, -0.25) is 4.79 Å². The lowest BCUT2D eigenvalue weighted by Crippen LogP contribution is -2.29. The maximum Gasteiger partial charge on any atom is 0.328 e. The van der Waals surface area contributed by atoms with E-state index in [0.29, 0.717) is 0 Å². The second-order valence-corrected chi connectivity index (χ2v) is 5.24. The first-order valence-electron chi connectivity index (χ1n) is 7.53. The average Bonchev–Trinajstić information content (AvgIpc) is 2.55. The summed E-state index contributed by atoms with van der Waals surface area (Å²) in [5, 5.41) is 19.2. The fourth-order valence-electron chi connectivity index (χ4n) is 1.77. The highest BCUT2D eigenvalue weighted by molar-refractivity contribution is 5.79. The monoisotopic (exact) mass is 335 g/mol.